The van der Waals surface area contributed by atoms with Crippen molar-refractivity contribution in [2.45, 2.75) is 0 Å². The Hall–Kier alpha value is -2.40. The first kappa shape index (κ1) is 13.0. The zero-order valence-corrected chi connectivity index (χ0v) is 10.7. The number of rotatable bonds is 1. The molecule has 0 bridgehead atoms. The van der Waals surface area contributed by atoms with Crippen LogP contribution in [0.3, 0.4) is 0 Å². The highest BCUT2D eigenvalue weighted by Gasteiger charge is 2.16. The molecule has 19 heavy (non-hydrogen) atoms. The number of H-pyrrole nitrogens is 1. The lowest BCUT2D eigenvalue weighted by Gasteiger charge is -2.10. The lowest BCUT2D eigenvalue weighted by molar-refractivity contribution is 0.386. The van der Waals surface area contributed by atoms with E-state index in [1.165, 1.54) is 18.2 Å². The van der Waals surface area contributed by atoms with E-state index in [4.69, 9.17) is 5.26 Å². The zero-order chi connectivity index (χ0) is 14.2. The fourth-order valence-electron chi connectivity index (χ4n) is 1.49. The normalized spacial score (nSPS) is 10.2. The summed E-state index contributed by atoms with van der Waals surface area (Å²) in [4.78, 5) is 24.3. The second kappa shape index (κ2) is 4.70. The minimum Gasteiger partial charge on any atom is -0.492 e. The second-order valence-corrected chi connectivity index (χ2v) is 4.36. The van der Waals surface area contributed by atoms with Crippen LogP contribution in [0.5, 0.6) is 5.88 Å². The van der Waals surface area contributed by atoms with Crippen molar-refractivity contribution in [3.05, 3.63) is 54.9 Å². The molecule has 2 N–H and O–H groups in total. The first-order valence-electron chi connectivity index (χ1n) is 4.89. The van der Waals surface area contributed by atoms with Crippen LogP contribution >= 0.6 is 15.9 Å². The molecule has 8 heteroatoms. The summed E-state index contributed by atoms with van der Waals surface area (Å²) < 4.78 is 14.2. The van der Waals surface area contributed by atoms with Crippen LogP contribution in [0.4, 0.5) is 4.39 Å². The van der Waals surface area contributed by atoms with Crippen LogP contribution in [0.1, 0.15) is 5.56 Å². The van der Waals surface area contributed by atoms with Gasteiger partial charge in [-0.05, 0) is 34.1 Å². The second-order valence-electron chi connectivity index (χ2n) is 3.51. The van der Waals surface area contributed by atoms with E-state index in [0.717, 1.165) is 0 Å². The Labute approximate surface area is 113 Å². The van der Waals surface area contributed by atoms with E-state index in [1.807, 2.05) is 6.07 Å². The molecular weight excluding hydrogens is 321 g/mol. The van der Waals surface area contributed by atoms with Gasteiger partial charge in [-0.25, -0.2) is 9.36 Å². The Balaban J connectivity index is 2.81. The van der Waals surface area contributed by atoms with Crippen molar-refractivity contribution >= 4 is 15.9 Å². The van der Waals surface area contributed by atoms with Gasteiger partial charge in [0, 0.05) is 4.47 Å². The molecule has 96 valence electrons. The molecule has 0 unspecified atom stereocenters. The number of hydrogen-bond donors (Lipinski definition) is 2. The number of benzene rings is 1. The van der Waals surface area contributed by atoms with Gasteiger partial charge in [0.15, 0.2) is 0 Å². The molecule has 0 radical (unpaired) electrons. The minimum atomic E-state index is -1.46. The van der Waals surface area contributed by atoms with Gasteiger partial charge in [-0.3, -0.25) is 9.78 Å². The largest absolute Gasteiger partial charge is 0.492 e. The van der Waals surface area contributed by atoms with Gasteiger partial charge in [0.1, 0.15) is 0 Å². The average molecular weight is 326 g/mol. The fraction of sp³-hybridized carbons (Fsp3) is 0. The fourth-order valence-corrected chi connectivity index (χ4v) is 2.04. The molecule has 0 fully saturated rings. The van der Waals surface area contributed by atoms with Gasteiger partial charge in [0.25, 0.3) is 5.56 Å². The number of aromatic amines is 1. The Morgan fingerprint density at radius 2 is 2.11 bits per heavy atom. The molecule has 0 aliphatic rings. The standard InChI is InChI=1S/C11H5BrFN3O3/c12-6-3-5(4-14)1-2-7(6)16-10(18)8(13)9(17)15-11(16)19/h1-3,18H,(H,15,17,19). The summed E-state index contributed by atoms with van der Waals surface area (Å²) in [5.41, 5.74) is -1.89. The molecule has 0 amide bonds. The third-order valence-electron chi connectivity index (χ3n) is 2.35. The van der Waals surface area contributed by atoms with E-state index >= 15 is 0 Å². The van der Waals surface area contributed by atoms with Crippen molar-refractivity contribution in [3.63, 3.8) is 0 Å². The van der Waals surface area contributed by atoms with Gasteiger partial charge < -0.3 is 5.11 Å². The molecule has 0 aliphatic carbocycles. The van der Waals surface area contributed by atoms with Crippen LogP contribution in [-0.4, -0.2) is 14.7 Å². The molecule has 2 rings (SSSR count). The van der Waals surface area contributed by atoms with Crippen LogP contribution in [0.25, 0.3) is 5.69 Å². The van der Waals surface area contributed by atoms with Gasteiger partial charge in [0.2, 0.25) is 11.7 Å². The highest BCUT2D eigenvalue weighted by molar-refractivity contribution is 9.10. The van der Waals surface area contributed by atoms with Crippen molar-refractivity contribution in [3.8, 4) is 17.6 Å². The first-order chi connectivity index (χ1) is 8.95. The van der Waals surface area contributed by atoms with E-state index < -0.39 is 22.9 Å². The summed E-state index contributed by atoms with van der Waals surface area (Å²) in [5.74, 6) is -2.56. The number of nitrogens with one attached hydrogen (secondary N) is 1. The predicted octanol–water partition coefficient (Wildman–Crippen LogP) is 1.00. The third kappa shape index (κ3) is 2.15. The zero-order valence-electron chi connectivity index (χ0n) is 9.15. The smallest absolute Gasteiger partial charge is 0.335 e. The third-order valence-corrected chi connectivity index (χ3v) is 2.98. The summed E-state index contributed by atoms with van der Waals surface area (Å²) in [5, 5.41) is 18.3. The molecule has 0 atom stereocenters. The highest BCUT2D eigenvalue weighted by Crippen LogP contribution is 2.24. The topological polar surface area (TPSA) is 98.9 Å². The maximum atomic E-state index is 13.3. The van der Waals surface area contributed by atoms with Gasteiger partial charge in [-0.1, -0.05) is 0 Å². The lowest BCUT2D eigenvalue weighted by Crippen LogP contribution is -2.31. The van der Waals surface area contributed by atoms with Crippen molar-refractivity contribution in [1.82, 2.24) is 9.55 Å². The van der Waals surface area contributed by atoms with Gasteiger partial charge >= 0.3 is 5.69 Å². The Bertz CT molecular complexity index is 819. The van der Waals surface area contributed by atoms with Crippen molar-refractivity contribution < 1.29 is 9.50 Å². The van der Waals surface area contributed by atoms with E-state index in [2.05, 4.69) is 15.9 Å². The maximum absolute atomic E-state index is 13.3. The Kier molecular flexibility index (Phi) is 3.23. The summed E-state index contributed by atoms with van der Waals surface area (Å²) in [6.45, 7) is 0. The molecular formula is C11H5BrFN3O3. The number of halogens is 2. The number of aromatic hydroxyl groups is 1. The summed E-state index contributed by atoms with van der Waals surface area (Å²) in [6.07, 6.45) is 0. The molecule has 2 aromatic rings. The van der Waals surface area contributed by atoms with Crippen molar-refractivity contribution in [1.29, 1.82) is 5.26 Å². The average Bonchev–Trinajstić information content (AvgIpc) is 2.38. The van der Waals surface area contributed by atoms with Crippen molar-refractivity contribution in [2.75, 3.05) is 0 Å². The van der Waals surface area contributed by atoms with Crippen LogP contribution in [-0.2, 0) is 0 Å². The number of nitrogens with zero attached hydrogens (tertiary/aromatic N) is 2. The van der Waals surface area contributed by atoms with Crippen LogP contribution in [0, 0.1) is 17.1 Å². The molecule has 0 spiro atoms. The summed E-state index contributed by atoms with van der Waals surface area (Å²) in [7, 11) is 0. The van der Waals surface area contributed by atoms with Crippen LogP contribution in [0.2, 0.25) is 0 Å². The van der Waals surface area contributed by atoms with E-state index in [1.54, 1.807) is 4.98 Å². The molecule has 6 nitrogen and oxygen atoms in total. The molecule has 0 saturated carbocycles. The highest BCUT2D eigenvalue weighted by atomic mass is 79.9. The summed E-state index contributed by atoms with van der Waals surface area (Å²) in [6, 6.07) is 6.00. The van der Waals surface area contributed by atoms with Crippen LogP contribution in [0.15, 0.2) is 32.3 Å². The molecule has 0 aliphatic heterocycles. The molecule has 1 aromatic carbocycles. The first-order valence-corrected chi connectivity index (χ1v) is 5.69. The SMILES string of the molecule is N#Cc1ccc(-n2c(O)c(F)c(=O)[nH]c2=O)c(Br)c1. The van der Waals surface area contributed by atoms with Crippen molar-refractivity contribution in [2.24, 2.45) is 0 Å². The monoisotopic (exact) mass is 325 g/mol. The molecule has 1 aromatic heterocycles. The molecule has 1 heterocycles. The Morgan fingerprint density at radius 1 is 1.42 bits per heavy atom. The number of nitriles is 1. The Morgan fingerprint density at radius 3 is 2.68 bits per heavy atom. The predicted molar refractivity (Wildman–Crippen MR) is 66.7 cm³/mol. The van der Waals surface area contributed by atoms with Gasteiger partial charge in [0.05, 0.1) is 17.3 Å². The van der Waals surface area contributed by atoms with Crippen LogP contribution < -0.4 is 11.2 Å². The van der Waals surface area contributed by atoms with Gasteiger partial charge in [-0.15, -0.1) is 0 Å². The van der Waals surface area contributed by atoms with E-state index in [-0.39, 0.29) is 10.2 Å². The lowest BCUT2D eigenvalue weighted by atomic mass is 10.2. The van der Waals surface area contributed by atoms with E-state index in [9.17, 15) is 19.1 Å². The minimum absolute atomic E-state index is 0.0941. The maximum Gasteiger partial charge on any atom is 0.335 e. The number of hydrogen-bond acceptors (Lipinski definition) is 4. The quantitative estimate of drug-likeness (QED) is 0.817. The van der Waals surface area contributed by atoms with Gasteiger partial charge in [-0.2, -0.15) is 9.65 Å². The summed E-state index contributed by atoms with van der Waals surface area (Å²) >= 11 is 3.10. The molecule has 0 saturated heterocycles. The number of aromatic nitrogens is 2. The van der Waals surface area contributed by atoms with E-state index in [0.29, 0.717) is 10.1 Å².